The van der Waals surface area contributed by atoms with Crippen molar-refractivity contribution < 1.29 is 0 Å². The van der Waals surface area contributed by atoms with Crippen LogP contribution in [0, 0.1) is 6.92 Å². The Hall–Kier alpha value is -1.000. The van der Waals surface area contributed by atoms with Crippen molar-refractivity contribution >= 4 is 39.2 Å². The molecule has 0 aliphatic carbocycles. The van der Waals surface area contributed by atoms with E-state index in [9.17, 15) is 0 Å². The Morgan fingerprint density at radius 3 is 2.94 bits per heavy atom. The van der Waals surface area contributed by atoms with E-state index in [1.54, 1.807) is 0 Å². The summed E-state index contributed by atoms with van der Waals surface area (Å²) in [4.78, 5) is 4.48. The maximum absolute atomic E-state index is 6.07. The summed E-state index contributed by atoms with van der Waals surface area (Å²) in [5.41, 5.74) is 1.93. The zero-order valence-electron chi connectivity index (χ0n) is 10.4. The summed E-state index contributed by atoms with van der Waals surface area (Å²) < 4.78 is 2.97. The Kier molecular flexibility index (Phi) is 4.30. The summed E-state index contributed by atoms with van der Waals surface area (Å²) in [6.45, 7) is 5.08. The van der Waals surface area contributed by atoms with Gasteiger partial charge in [-0.1, -0.05) is 24.6 Å². The molecule has 0 spiro atoms. The minimum Gasteiger partial charge on any atom is -0.325 e. The predicted molar refractivity (Wildman–Crippen MR) is 79.7 cm³/mol. The second-order valence-electron chi connectivity index (χ2n) is 4.13. The summed E-state index contributed by atoms with van der Waals surface area (Å²) in [6, 6.07) is 5.73. The lowest BCUT2D eigenvalue weighted by molar-refractivity contribution is 0.686. The van der Waals surface area contributed by atoms with Crippen molar-refractivity contribution in [3.05, 3.63) is 39.6 Å². The molecule has 0 radical (unpaired) electrons. The Bertz CT molecular complexity index is 551. The summed E-state index contributed by atoms with van der Waals surface area (Å²) in [6.07, 6.45) is 3.12. The number of imidazole rings is 1. The van der Waals surface area contributed by atoms with E-state index in [1.807, 2.05) is 31.3 Å². The molecule has 18 heavy (non-hydrogen) atoms. The topological polar surface area (TPSA) is 29.9 Å². The van der Waals surface area contributed by atoms with E-state index in [0.717, 1.165) is 34.8 Å². The number of anilines is 2. The van der Waals surface area contributed by atoms with Crippen LogP contribution in [-0.4, -0.2) is 9.55 Å². The van der Waals surface area contributed by atoms with Gasteiger partial charge in [0.05, 0.1) is 20.9 Å². The second kappa shape index (κ2) is 5.76. The van der Waals surface area contributed by atoms with E-state index >= 15 is 0 Å². The van der Waals surface area contributed by atoms with Crippen LogP contribution in [0.25, 0.3) is 0 Å². The van der Waals surface area contributed by atoms with E-state index in [-0.39, 0.29) is 0 Å². The van der Waals surface area contributed by atoms with Crippen molar-refractivity contribution in [3.63, 3.8) is 0 Å². The largest absolute Gasteiger partial charge is 0.325 e. The van der Waals surface area contributed by atoms with Crippen LogP contribution < -0.4 is 5.32 Å². The van der Waals surface area contributed by atoms with E-state index < -0.39 is 0 Å². The van der Waals surface area contributed by atoms with E-state index in [0.29, 0.717) is 5.02 Å². The lowest BCUT2D eigenvalue weighted by atomic mass is 10.3. The Labute approximate surface area is 120 Å². The van der Waals surface area contributed by atoms with Crippen LogP contribution in [0.3, 0.4) is 0 Å². The molecule has 0 saturated heterocycles. The first-order valence-electron chi connectivity index (χ1n) is 5.86. The van der Waals surface area contributed by atoms with Gasteiger partial charge in [0.15, 0.2) is 0 Å². The van der Waals surface area contributed by atoms with Gasteiger partial charge >= 0.3 is 0 Å². The highest BCUT2D eigenvalue weighted by molar-refractivity contribution is 9.10. The molecule has 3 nitrogen and oxygen atoms in total. The number of nitrogens with zero attached hydrogens (tertiary/aromatic N) is 2. The van der Waals surface area contributed by atoms with Crippen LogP contribution in [0.5, 0.6) is 0 Å². The fourth-order valence-corrected chi connectivity index (χ4v) is 2.32. The molecule has 0 saturated carbocycles. The predicted octanol–water partition coefficient (Wildman–Crippen LogP) is 4.76. The SMILES string of the molecule is CCCn1cc(C)nc1Nc1cccc(Cl)c1Br. The van der Waals surface area contributed by atoms with Crippen LogP contribution in [0.1, 0.15) is 19.0 Å². The van der Waals surface area contributed by atoms with Crippen LogP contribution in [0.15, 0.2) is 28.9 Å². The van der Waals surface area contributed by atoms with Gasteiger partial charge in [0, 0.05) is 12.7 Å². The number of halogens is 2. The zero-order valence-corrected chi connectivity index (χ0v) is 12.7. The van der Waals surface area contributed by atoms with E-state index in [2.05, 4.69) is 37.7 Å². The highest BCUT2D eigenvalue weighted by atomic mass is 79.9. The van der Waals surface area contributed by atoms with Crippen molar-refractivity contribution in [3.8, 4) is 0 Å². The molecule has 0 bridgehead atoms. The molecule has 1 N–H and O–H groups in total. The normalized spacial score (nSPS) is 10.7. The quantitative estimate of drug-likeness (QED) is 0.877. The molecule has 0 aliphatic rings. The standard InChI is InChI=1S/C13H15BrClN3/c1-3-7-18-8-9(2)16-13(18)17-11-6-4-5-10(15)12(11)14/h4-6,8H,3,7H2,1-2H3,(H,16,17). The van der Waals surface area contributed by atoms with Crippen molar-refractivity contribution in [2.75, 3.05) is 5.32 Å². The van der Waals surface area contributed by atoms with E-state index in [4.69, 9.17) is 11.6 Å². The van der Waals surface area contributed by atoms with Crippen molar-refractivity contribution in [1.29, 1.82) is 0 Å². The van der Waals surface area contributed by atoms with Crippen molar-refractivity contribution in [2.24, 2.45) is 0 Å². The van der Waals surface area contributed by atoms with Gasteiger partial charge in [-0.25, -0.2) is 4.98 Å². The molecule has 1 heterocycles. The maximum Gasteiger partial charge on any atom is 0.207 e. The molecular weight excluding hydrogens is 314 g/mol. The summed E-state index contributed by atoms with van der Waals surface area (Å²) in [7, 11) is 0. The molecule has 2 aromatic rings. The summed E-state index contributed by atoms with van der Waals surface area (Å²) >= 11 is 9.55. The number of hydrogen-bond donors (Lipinski definition) is 1. The van der Waals surface area contributed by atoms with Crippen LogP contribution in [-0.2, 0) is 6.54 Å². The van der Waals surface area contributed by atoms with Gasteiger partial charge in [-0.15, -0.1) is 0 Å². The molecule has 1 aromatic carbocycles. The fourth-order valence-electron chi connectivity index (χ4n) is 1.78. The van der Waals surface area contributed by atoms with Gasteiger partial charge in [0.25, 0.3) is 0 Å². The third kappa shape index (κ3) is 2.87. The maximum atomic E-state index is 6.07. The molecule has 0 amide bonds. The molecule has 0 fully saturated rings. The molecule has 96 valence electrons. The highest BCUT2D eigenvalue weighted by Gasteiger charge is 2.08. The van der Waals surface area contributed by atoms with Crippen LogP contribution in [0.4, 0.5) is 11.6 Å². The highest BCUT2D eigenvalue weighted by Crippen LogP contribution is 2.31. The molecule has 2 rings (SSSR count). The van der Waals surface area contributed by atoms with Gasteiger partial charge < -0.3 is 9.88 Å². The first-order chi connectivity index (χ1) is 8.61. The Balaban J connectivity index is 2.30. The number of rotatable bonds is 4. The molecule has 0 unspecified atom stereocenters. The van der Waals surface area contributed by atoms with E-state index in [1.165, 1.54) is 0 Å². The Morgan fingerprint density at radius 1 is 1.44 bits per heavy atom. The first kappa shape index (κ1) is 13.4. The number of benzene rings is 1. The zero-order chi connectivity index (χ0) is 13.1. The number of aromatic nitrogens is 2. The number of aryl methyl sites for hydroxylation is 2. The van der Waals surface area contributed by atoms with Crippen LogP contribution >= 0.6 is 27.5 Å². The van der Waals surface area contributed by atoms with Gasteiger partial charge in [-0.2, -0.15) is 0 Å². The lowest BCUT2D eigenvalue weighted by Gasteiger charge is -2.10. The number of nitrogens with one attached hydrogen (secondary N) is 1. The third-order valence-corrected chi connectivity index (χ3v) is 3.96. The summed E-state index contributed by atoms with van der Waals surface area (Å²) in [5, 5.41) is 3.99. The van der Waals surface area contributed by atoms with Gasteiger partial charge in [-0.3, -0.25) is 0 Å². The first-order valence-corrected chi connectivity index (χ1v) is 7.03. The lowest BCUT2D eigenvalue weighted by Crippen LogP contribution is -2.03. The molecule has 0 aliphatic heterocycles. The molecule has 0 atom stereocenters. The molecule has 5 heteroatoms. The number of hydrogen-bond acceptors (Lipinski definition) is 2. The average molecular weight is 329 g/mol. The van der Waals surface area contributed by atoms with Crippen LogP contribution in [0.2, 0.25) is 5.02 Å². The van der Waals surface area contributed by atoms with Crippen molar-refractivity contribution in [2.45, 2.75) is 26.8 Å². The fraction of sp³-hybridized carbons (Fsp3) is 0.308. The average Bonchev–Trinajstić information content (AvgIpc) is 2.66. The second-order valence-corrected chi connectivity index (χ2v) is 5.33. The third-order valence-electron chi connectivity index (χ3n) is 2.56. The Morgan fingerprint density at radius 2 is 2.22 bits per heavy atom. The molecule has 1 aromatic heterocycles. The molecular formula is C13H15BrClN3. The minimum atomic E-state index is 0.685. The summed E-state index contributed by atoms with van der Waals surface area (Å²) in [5.74, 6) is 0.845. The minimum absolute atomic E-state index is 0.685. The smallest absolute Gasteiger partial charge is 0.207 e. The van der Waals surface area contributed by atoms with Gasteiger partial charge in [0.2, 0.25) is 5.95 Å². The van der Waals surface area contributed by atoms with Gasteiger partial charge in [-0.05, 0) is 41.4 Å². The monoisotopic (exact) mass is 327 g/mol. The van der Waals surface area contributed by atoms with Crippen molar-refractivity contribution in [1.82, 2.24) is 9.55 Å². The van der Waals surface area contributed by atoms with Gasteiger partial charge in [0.1, 0.15) is 0 Å².